The average molecular weight is 459 g/mol. The van der Waals surface area contributed by atoms with Crippen LogP contribution < -0.4 is 10.1 Å². The maximum absolute atomic E-state index is 13.2. The summed E-state index contributed by atoms with van der Waals surface area (Å²) in [6, 6.07) is 11.5. The van der Waals surface area contributed by atoms with Gasteiger partial charge in [-0.25, -0.2) is 0 Å². The summed E-state index contributed by atoms with van der Waals surface area (Å²) in [7, 11) is 1.55. The minimum Gasteiger partial charge on any atom is -0.504 e. The topological polar surface area (TPSA) is 71.5 Å². The predicted octanol–water partition coefficient (Wildman–Crippen LogP) is 6.84. The van der Waals surface area contributed by atoms with Gasteiger partial charge in [0.1, 0.15) is 0 Å². The standard InChI is InChI=1S/C29H34N2O3/c1-18-4-3-5-19(7-6-18)16-31-28-23-14-21(22-11-13-26(32)27(15-22)34-2)10-12-25(23)30-17-24(28)29(33)20-8-9-20/h10-15,17-20,32H,3-9,16H2,1-2H3,(H,30,31). The second-order valence-electron chi connectivity index (χ2n) is 10.2. The third-order valence-electron chi connectivity index (χ3n) is 7.54. The molecule has 0 bridgehead atoms. The number of Topliss-reactive ketones (excluding diaryl/α,β-unsaturated/α-hetero) is 1. The molecule has 0 spiro atoms. The van der Waals surface area contributed by atoms with Crippen molar-refractivity contribution in [1.82, 2.24) is 4.98 Å². The van der Waals surface area contributed by atoms with Gasteiger partial charge in [-0.3, -0.25) is 9.78 Å². The van der Waals surface area contributed by atoms with Gasteiger partial charge < -0.3 is 15.2 Å². The van der Waals surface area contributed by atoms with Crippen LogP contribution in [0, 0.1) is 17.8 Å². The lowest BCUT2D eigenvalue weighted by Gasteiger charge is -2.19. The molecular weight excluding hydrogens is 424 g/mol. The van der Waals surface area contributed by atoms with E-state index in [2.05, 4.69) is 23.3 Å². The molecule has 0 aliphatic heterocycles. The first-order valence-electron chi connectivity index (χ1n) is 12.6. The van der Waals surface area contributed by atoms with Crippen molar-refractivity contribution in [2.24, 2.45) is 17.8 Å². The number of aromatic hydroxyl groups is 1. The second kappa shape index (κ2) is 9.65. The van der Waals surface area contributed by atoms with E-state index in [0.29, 0.717) is 11.7 Å². The molecule has 2 N–H and O–H groups in total. The van der Waals surface area contributed by atoms with Gasteiger partial charge >= 0.3 is 0 Å². The Morgan fingerprint density at radius 3 is 2.65 bits per heavy atom. The van der Waals surface area contributed by atoms with E-state index in [0.717, 1.165) is 58.6 Å². The molecule has 1 aromatic heterocycles. The van der Waals surface area contributed by atoms with Crippen LogP contribution in [0.4, 0.5) is 5.69 Å². The molecule has 2 saturated carbocycles. The van der Waals surface area contributed by atoms with Crippen LogP contribution in [0.25, 0.3) is 22.0 Å². The van der Waals surface area contributed by atoms with Crippen LogP contribution in [-0.2, 0) is 0 Å². The van der Waals surface area contributed by atoms with Crippen molar-refractivity contribution in [3.05, 3.63) is 48.2 Å². The molecule has 2 fully saturated rings. The Morgan fingerprint density at radius 2 is 1.85 bits per heavy atom. The van der Waals surface area contributed by atoms with Crippen LogP contribution in [0.2, 0.25) is 0 Å². The number of hydrogen-bond donors (Lipinski definition) is 2. The van der Waals surface area contributed by atoms with Gasteiger partial charge in [0.25, 0.3) is 0 Å². The fourth-order valence-corrected chi connectivity index (χ4v) is 5.19. The van der Waals surface area contributed by atoms with Gasteiger partial charge in [-0.15, -0.1) is 0 Å². The Morgan fingerprint density at radius 1 is 1.06 bits per heavy atom. The van der Waals surface area contributed by atoms with Crippen molar-refractivity contribution in [2.75, 3.05) is 19.0 Å². The second-order valence-corrected chi connectivity index (χ2v) is 10.2. The SMILES string of the molecule is COc1cc(-c2ccc3ncc(C(=O)C4CC4)c(NCC4CCCC(C)CC4)c3c2)ccc1O. The number of carbonyl (C=O) groups excluding carboxylic acids is 1. The van der Waals surface area contributed by atoms with Gasteiger partial charge in [0, 0.05) is 24.0 Å². The summed E-state index contributed by atoms with van der Waals surface area (Å²) in [4.78, 5) is 17.8. The van der Waals surface area contributed by atoms with Gasteiger partial charge in [0.05, 0.1) is 23.9 Å². The molecule has 0 amide bonds. The van der Waals surface area contributed by atoms with Crippen LogP contribution in [-0.4, -0.2) is 29.5 Å². The van der Waals surface area contributed by atoms with E-state index in [9.17, 15) is 9.90 Å². The highest BCUT2D eigenvalue weighted by atomic mass is 16.5. The van der Waals surface area contributed by atoms with Gasteiger partial charge in [0.15, 0.2) is 17.3 Å². The minimum atomic E-state index is 0.117. The zero-order valence-electron chi connectivity index (χ0n) is 20.1. The Labute approximate surface area is 201 Å². The van der Waals surface area contributed by atoms with Crippen molar-refractivity contribution in [1.29, 1.82) is 0 Å². The highest BCUT2D eigenvalue weighted by Crippen LogP contribution is 2.39. The third-order valence-corrected chi connectivity index (χ3v) is 7.54. The van der Waals surface area contributed by atoms with Crippen LogP contribution in [0.3, 0.4) is 0 Å². The molecule has 0 saturated heterocycles. The summed E-state index contributed by atoms with van der Waals surface area (Å²) < 4.78 is 5.31. The molecule has 2 aliphatic rings. The lowest BCUT2D eigenvalue weighted by molar-refractivity contribution is 0.0968. The number of phenolic OH excluding ortho intramolecular Hbond substituents is 1. The Balaban J connectivity index is 1.53. The summed E-state index contributed by atoms with van der Waals surface area (Å²) >= 11 is 0. The monoisotopic (exact) mass is 458 g/mol. The van der Waals surface area contributed by atoms with E-state index in [-0.39, 0.29) is 17.5 Å². The van der Waals surface area contributed by atoms with Crippen molar-refractivity contribution in [3.63, 3.8) is 0 Å². The van der Waals surface area contributed by atoms with Gasteiger partial charge in [-0.05, 0) is 72.9 Å². The molecular formula is C29H34N2O3. The van der Waals surface area contributed by atoms with Crippen molar-refractivity contribution in [2.45, 2.75) is 51.9 Å². The average Bonchev–Trinajstić information content (AvgIpc) is 3.71. The number of ketones is 1. The van der Waals surface area contributed by atoms with Crippen molar-refractivity contribution < 1.29 is 14.6 Å². The number of anilines is 1. The summed E-state index contributed by atoms with van der Waals surface area (Å²) in [6.07, 6.45) is 10.1. The molecule has 5 rings (SSSR count). The summed E-state index contributed by atoms with van der Waals surface area (Å²) in [5.74, 6) is 2.34. The number of rotatable bonds is 7. The zero-order valence-corrected chi connectivity index (χ0v) is 20.1. The predicted molar refractivity (Wildman–Crippen MR) is 137 cm³/mol. The van der Waals surface area contributed by atoms with Crippen LogP contribution in [0.5, 0.6) is 11.5 Å². The molecule has 2 unspecified atom stereocenters. The number of carbonyl (C=O) groups is 1. The maximum Gasteiger partial charge on any atom is 0.169 e. The maximum atomic E-state index is 13.2. The number of nitrogens with zero attached hydrogens (tertiary/aromatic N) is 1. The van der Waals surface area contributed by atoms with Crippen LogP contribution in [0.15, 0.2) is 42.6 Å². The number of methoxy groups -OCH3 is 1. The highest BCUT2D eigenvalue weighted by Gasteiger charge is 2.32. The molecule has 2 aliphatic carbocycles. The molecule has 34 heavy (non-hydrogen) atoms. The van der Waals surface area contributed by atoms with E-state index in [1.807, 2.05) is 24.3 Å². The lowest BCUT2D eigenvalue weighted by atomic mass is 9.97. The first-order valence-corrected chi connectivity index (χ1v) is 12.6. The molecule has 2 aromatic carbocycles. The first kappa shape index (κ1) is 22.7. The zero-order chi connectivity index (χ0) is 23.7. The highest BCUT2D eigenvalue weighted by molar-refractivity contribution is 6.10. The molecule has 5 nitrogen and oxygen atoms in total. The number of benzene rings is 2. The number of nitrogens with one attached hydrogen (secondary N) is 1. The fourth-order valence-electron chi connectivity index (χ4n) is 5.19. The fraction of sp³-hybridized carbons (Fsp3) is 0.448. The van der Waals surface area contributed by atoms with Crippen LogP contribution in [0.1, 0.15) is 62.2 Å². The van der Waals surface area contributed by atoms with E-state index < -0.39 is 0 Å². The first-order chi connectivity index (χ1) is 16.5. The number of aromatic nitrogens is 1. The lowest BCUT2D eigenvalue weighted by Crippen LogP contribution is -2.17. The van der Waals surface area contributed by atoms with Gasteiger partial charge in [-0.2, -0.15) is 0 Å². The molecule has 5 heteroatoms. The number of hydrogen-bond acceptors (Lipinski definition) is 5. The molecule has 2 atom stereocenters. The largest absolute Gasteiger partial charge is 0.504 e. The van der Waals surface area contributed by atoms with E-state index >= 15 is 0 Å². The number of phenols is 1. The normalized spacial score (nSPS) is 20.6. The summed E-state index contributed by atoms with van der Waals surface area (Å²) in [5.41, 5.74) is 4.46. The van der Waals surface area contributed by atoms with Crippen LogP contribution >= 0.6 is 0 Å². The molecule has 0 radical (unpaired) electrons. The van der Waals surface area contributed by atoms with Crippen molar-refractivity contribution >= 4 is 22.4 Å². The van der Waals surface area contributed by atoms with E-state index in [1.54, 1.807) is 19.4 Å². The summed E-state index contributed by atoms with van der Waals surface area (Å²) in [6.45, 7) is 3.24. The Kier molecular flexibility index (Phi) is 6.44. The molecule has 178 valence electrons. The van der Waals surface area contributed by atoms with E-state index in [1.165, 1.54) is 32.1 Å². The smallest absolute Gasteiger partial charge is 0.169 e. The molecule has 1 heterocycles. The van der Waals surface area contributed by atoms with Crippen molar-refractivity contribution in [3.8, 4) is 22.6 Å². The molecule has 3 aromatic rings. The number of fused-ring (bicyclic) bond motifs is 1. The summed E-state index contributed by atoms with van der Waals surface area (Å²) in [5, 5.41) is 14.7. The van der Waals surface area contributed by atoms with Gasteiger partial charge in [-0.1, -0.05) is 38.3 Å². The van der Waals surface area contributed by atoms with E-state index in [4.69, 9.17) is 4.74 Å². The van der Waals surface area contributed by atoms with Gasteiger partial charge in [0.2, 0.25) is 0 Å². The number of ether oxygens (including phenoxy) is 1. The minimum absolute atomic E-state index is 0.117. The quantitative estimate of drug-likeness (QED) is 0.300. The number of pyridine rings is 1. The Bertz CT molecular complexity index is 1200. The third kappa shape index (κ3) is 4.75. The Hall–Kier alpha value is -3.08.